The van der Waals surface area contributed by atoms with Crippen molar-refractivity contribution in [3.8, 4) is 0 Å². The van der Waals surface area contributed by atoms with Gasteiger partial charge in [0.2, 0.25) is 0 Å². The number of alkyl halides is 3. The molecule has 0 unspecified atom stereocenters. The molecule has 0 aliphatic rings. The number of carbonyl (C=O) groups is 1. The van der Waals surface area contributed by atoms with Gasteiger partial charge in [0.05, 0.1) is 0 Å². The smallest absolute Gasteiger partial charge is 0.343 e. The highest BCUT2D eigenvalue weighted by atomic mass is 35.5. The molecule has 0 aliphatic heterocycles. The summed E-state index contributed by atoms with van der Waals surface area (Å²) < 4.78 is 36.1. The molecule has 0 saturated carbocycles. The highest BCUT2D eigenvalue weighted by molar-refractivity contribution is 6.29. The van der Waals surface area contributed by atoms with Crippen LogP contribution in [0.4, 0.5) is 13.2 Å². The second-order valence-corrected chi connectivity index (χ2v) is 5.50. The molecule has 7 heteroatoms. The molecular weight excluding hydrogens is 281 g/mol. The minimum atomic E-state index is -4.45. The van der Waals surface area contributed by atoms with Crippen LogP contribution in [0.5, 0.6) is 0 Å². The van der Waals surface area contributed by atoms with Gasteiger partial charge in [-0.05, 0) is 12.1 Å². The fourth-order valence-corrected chi connectivity index (χ4v) is 1.50. The van der Waals surface area contributed by atoms with Gasteiger partial charge >= 0.3 is 6.18 Å². The van der Waals surface area contributed by atoms with E-state index in [1.807, 2.05) is 20.8 Å². The van der Waals surface area contributed by atoms with E-state index in [2.05, 4.69) is 4.98 Å². The zero-order valence-electron chi connectivity index (χ0n) is 10.7. The van der Waals surface area contributed by atoms with Gasteiger partial charge in [-0.15, -0.1) is 0 Å². The zero-order valence-corrected chi connectivity index (χ0v) is 11.5. The molecule has 1 amide bonds. The van der Waals surface area contributed by atoms with Crippen LogP contribution in [-0.4, -0.2) is 23.6 Å². The number of nitrogens with one attached hydrogen (secondary N) is 1. The van der Waals surface area contributed by atoms with Crippen molar-refractivity contribution in [3.63, 3.8) is 0 Å². The first-order chi connectivity index (χ1) is 8.49. The summed E-state index contributed by atoms with van der Waals surface area (Å²) >= 11 is 5.78. The van der Waals surface area contributed by atoms with Crippen molar-refractivity contribution in [1.29, 1.82) is 0 Å². The number of amides is 1. The van der Waals surface area contributed by atoms with Crippen molar-refractivity contribution in [3.05, 3.63) is 28.5 Å². The Balaban J connectivity index is 2.95. The van der Waals surface area contributed by atoms with Crippen molar-refractivity contribution in [2.75, 3.05) is 6.54 Å². The number of hydrogen-bond donors (Lipinski definition) is 1. The summed E-state index contributed by atoms with van der Waals surface area (Å²) in [6.07, 6.45) is -4.45. The maximum absolute atomic E-state index is 12.0. The molecule has 0 spiro atoms. The van der Waals surface area contributed by atoms with Crippen LogP contribution in [0.25, 0.3) is 0 Å². The molecule has 19 heavy (non-hydrogen) atoms. The Bertz CT molecular complexity index is 481. The van der Waals surface area contributed by atoms with Gasteiger partial charge < -0.3 is 5.32 Å². The monoisotopic (exact) mass is 294 g/mol. The fourth-order valence-electron chi connectivity index (χ4n) is 1.29. The van der Waals surface area contributed by atoms with E-state index in [9.17, 15) is 18.0 Å². The molecule has 1 N–H and O–H groups in total. The minimum absolute atomic E-state index is 0.0641. The number of halogens is 4. The lowest BCUT2D eigenvalue weighted by Gasteiger charge is -2.18. The van der Waals surface area contributed by atoms with Crippen molar-refractivity contribution in [2.45, 2.75) is 32.4 Å². The summed E-state index contributed by atoms with van der Waals surface area (Å²) in [7, 11) is 0. The predicted octanol–water partition coefficient (Wildman–Crippen LogP) is 3.32. The predicted molar refractivity (Wildman–Crippen MR) is 66.3 cm³/mol. The van der Waals surface area contributed by atoms with Crippen LogP contribution in [-0.2, 0) is 5.41 Å². The van der Waals surface area contributed by atoms with Gasteiger partial charge in [0.15, 0.2) is 0 Å². The highest BCUT2D eigenvalue weighted by Crippen LogP contribution is 2.23. The summed E-state index contributed by atoms with van der Waals surface area (Å²) in [6, 6.07) is 2.68. The minimum Gasteiger partial charge on any atom is -0.343 e. The van der Waals surface area contributed by atoms with Crippen LogP contribution in [0.3, 0.4) is 0 Å². The Hall–Kier alpha value is -1.30. The molecule has 106 valence electrons. The van der Waals surface area contributed by atoms with Crippen molar-refractivity contribution >= 4 is 17.5 Å². The van der Waals surface area contributed by atoms with E-state index in [-0.39, 0.29) is 16.1 Å². The number of pyridine rings is 1. The maximum atomic E-state index is 12.0. The summed E-state index contributed by atoms with van der Waals surface area (Å²) in [4.78, 5) is 15.7. The van der Waals surface area contributed by atoms with Gasteiger partial charge in [0.25, 0.3) is 5.91 Å². The number of hydrogen-bond acceptors (Lipinski definition) is 2. The van der Waals surface area contributed by atoms with E-state index in [1.165, 1.54) is 12.1 Å². The molecule has 3 nitrogen and oxygen atoms in total. The molecule has 1 heterocycles. The van der Waals surface area contributed by atoms with Crippen LogP contribution in [0.2, 0.25) is 5.15 Å². The number of aromatic nitrogens is 1. The SMILES string of the molecule is CC(C)(C)c1cc(C(=O)NCC(F)(F)F)cc(Cl)n1. The molecule has 1 aromatic heterocycles. The lowest BCUT2D eigenvalue weighted by atomic mass is 9.91. The first-order valence-electron chi connectivity index (χ1n) is 5.52. The Morgan fingerprint density at radius 3 is 2.37 bits per heavy atom. The molecule has 0 bridgehead atoms. The van der Waals surface area contributed by atoms with Gasteiger partial charge in [0, 0.05) is 16.7 Å². The maximum Gasteiger partial charge on any atom is 0.405 e. The van der Waals surface area contributed by atoms with E-state index in [0.717, 1.165) is 0 Å². The zero-order chi connectivity index (χ0) is 14.8. The molecule has 0 saturated heterocycles. The molecule has 0 radical (unpaired) electrons. The summed E-state index contributed by atoms with van der Waals surface area (Å²) in [5.74, 6) is -0.827. The average molecular weight is 295 g/mol. The third-order valence-corrected chi connectivity index (χ3v) is 2.47. The average Bonchev–Trinajstić information content (AvgIpc) is 2.22. The van der Waals surface area contributed by atoms with E-state index in [1.54, 1.807) is 5.32 Å². The van der Waals surface area contributed by atoms with Gasteiger partial charge in [-0.2, -0.15) is 13.2 Å². The Morgan fingerprint density at radius 1 is 1.32 bits per heavy atom. The Morgan fingerprint density at radius 2 is 1.89 bits per heavy atom. The number of nitrogens with zero attached hydrogens (tertiary/aromatic N) is 1. The molecular formula is C12H14ClF3N2O. The number of rotatable bonds is 2. The quantitative estimate of drug-likeness (QED) is 0.850. The Kier molecular flexibility index (Phi) is 4.45. The van der Waals surface area contributed by atoms with Crippen molar-refractivity contribution in [2.24, 2.45) is 0 Å². The van der Waals surface area contributed by atoms with Crippen LogP contribution >= 0.6 is 11.6 Å². The lowest BCUT2D eigenvalue weighted by Crippen LogP contribution is -2.34. The van der Waals surface area contributed by atoms with Crippen LogP contribution in [0.1, 0.15) is 36.8 Å². The summed E-state index contributed by atoms with van der Waals surface area (Å²) in [6.45, 7) is 4.21. The molecule has 1 rings (SSSR count). The third kappa shape index (κ3) is 5.06. The molecule has 0 fully saturated rings. The van der Waals surface area contributed by atoms with E-state index in [4.69, 9.17) is 11.6 Å². The lowest BCUT2D eigenvalue weighted by molar-refractivity contribution is -0.123. The van der Waals surface area contributed by atoms with E-state index < -0.39 is 18.6 Å². The second kappa shape index (κ2) is 5.36. The van der Waals surface area contributed by atoms with Crippen LogP contribution in [0, 0.1) is 0 Å². The topological polar surface area (TPSA) is 42.0 Å². The first kappa shape index (κ1) is 15.8. The molecule has 1 aromatic rings. The molecule has 0 atom stereocenters. The summed E-state index contributed by atoms with van der Waals surface area (Å²) in [5.41, 5.74) is 0.246. The Labute approximate surface area is 114 Å². The number of carbonyl (C=O) groups excluding carboxylic acids is 1. The third-order valence-electron chi connectivity index (χ3n) is 2.27. The standard InChI is InChI=1S/C12H14ClF3N2O/c1-11(2,3)8-4-7(5-9(13)18-8)10(19)17-6-12(14,15)16/h4-5H,6H2,1-3H3,(H,17,19). The molecule has 0 aliphatic carbocycles. The van der Waals surface area contributed by atoms with E-state index >= 15 is 0 Å². The second-order valence-electron chi connectivity index (χ2n) is 5.11. The van der Waals surface area contributed by atoms with Gasteiger partial charge in [0.1, 0.15) is 11.7 Å². The normalized spacial score (nSPS) is 12.4. The van der Waals surface area contributed by atoms with Crippen LogP contribution in [0.15, 0.2) is 12.1 Å². The van der Waals surface area contributed by atoms with Crippen LogP contribution < -0.4 is 5.32 Å². The first-order valence-corrected chi connectivity index (χ1v) is 5.90. The molecule has 0 aromatic carbocycles. The van der Waals surface area contributed by atoms with Gasteiger partial charge in [-0.1, -0.05) is 32.4 Å². The van der Waals surface area contributed by atoms with Gasteiger partial charge in [-0.25, -0.2) is 4.98 Å². The fraction of sp³-hybridized carbons (Fsp3) is 0.500. The summed E-state index contributed by atoms with van der Waals surface area (Å²) in [5, 5.41) is 1.87. The van der Waals surface area contributed by atoms with Gasteiger partial charge in [-0.3, -0.25) is 4.79 Å². The highest BCUT2D eigenvalue weighted by Gasteiger charge is 2.28. The van der Waals surface area contributed by atoms with E-state index in [0.29, 0.717) is 5.69 Å². The largest absolute Gasteiger partial charge is 0.405 e. The van der Waals surface area contributed by atoms with Crippen molar-refractivity contribution < 1.29 is 18.0 Å². The van der Waals surface area contributed by atoms with Crippen molar-refractivity contribution in [1.82, 2.24) is 10.3 Å².